The molecular weight excluding hydrogens is 120 g/mol. The van der Waals surface area contributed by atoms with Crippen LogP contribution in [0.4, 0.5) is 0 Å². The van der Waals surface area contributed by atoms with Crippen LogP contribution in [-0.4, -0.2) is 0 Å². The van der Waals surface area contributed by atoms with Crippen molar-refractivity contribution in [3.63, 3.8) is 0 Å². The maximum absolute atomic E-state index is 7.50. The van der Waals surface area contributed by atoms with E-state index in [1.165, 1.54) is 6.08 Å². The van der Waals surface area contributed by atoms with Crippen LogP contribution in [0.5, 0.6) is 0 Å². The molecule has 0 amide bonds. The third-order valence-corrected chi connectivity index (χ3v) is 1.73. The average Bonchev–Trinajstić information content (AvgIpc) is 2.64. The first kappa shape index (κ1) is 2.84. The molecule has 0 aromatic heterocycles. The zero-order valence-electron chi connectivity index (χ0n) is 11.9. The zero-order chi connectivity index (χ0) is 12.4. The largest absolute Gasteiger partial charge is 0.0888 e. The Morgan fingerprint density at radius 1 is 1.80 bits per heavy atom. The van der Waals surface area contributed by atoms with E-state index < -0.39 is 19.3 Å². The van der Waals surface area contributed by atoms with Crippen molar-refractivity contribution in [2.24, 2.45) is 5.92 Å². The Kier molecular flexibility index (Phi) is 1.23. The maximum Gasteiger partial charge on any atom is 0.0572 e. The standard InChI is InChI=1S/C10H16/c1-2-3-4-7-10-8-5-6-9-10/h3-6,10H,2,7-9H2,1H3/b4-3+/i1D3,2D2,3D. The second kappa shape index (κ2) is 4.32. The predicted octanol–water partition coefficient (Wildman–Crippen LogP) is 3.31. The highest BCUT2D eigenvalue weighted by atomic mass is 14.1. The zero-order valence-corrected chi connectivity index (χ0v) is 5.93. The van der Waals surface area contributed by atoms with E-state index in [4.69, 9.17) is 8.22 Å². The Hall–Kier alpha value is -0.520. The fourth-order valence-electron chi connectivity index (χ4n) is 1.14. The summed E-state index contributed by atoms with van der Waals surface area (Å²) in [7, 11) is 0. The lowest BCUT2D eigenvalue weighted by Crippen LogP contribution is -1.89. The predicted molar refractivity (Wildman–Crippen MR) is 45.9 cm³/mol. The van der Waals surface area contributed by atoms with Gasteiger partial charge in [-0.15, -0.1) is 0 Å². The molecule has 56 valence electrons. The highest BCUT2D eigenvalue weighted by Gasteiger charge is 2.06. The summed E-state index contributed by atoms with van der Waals surface area (Å²) in [5.74, 6) is 0.396. The summed E-state index contributed by atoms with van der Waals surface area (Å²) < 4.78 is 43.4. The van der Waals surface area contributed by atoms with Crippen LogP contribution in [0.25, 0.3) is 0 Å². The summed E-state index contributed by atoms with van der Waals surface area (Å²) in [4.78, 5) is 0. The van der Waals surface area contributed by atoms with E-state index in [0.717, 1.165) is 12.8 Å². The molecule has 0 aliphatic heterocycles. The van der Waals surface area contributed by atoms with E-state index in [9.17, 15) is 0 Å². The molecule has 0 heterocycles. The minimum absolute atomic E-state index is 0.396. The summed E-state index contributed by atoms with van der Waals surface area (Å²) in [6.45, 7) is -2.77. The van der Waals surface area contributed by atoms with E-state index in [-0.39, 0.29) is 0 Å². The number of hydrogen-bond donors (Lipinski definition) is 0. The van der Waals surface area contributed by atoms with E-state index >= 15 is 0 Å². The molecule has 0 bridgehead atoms. The SMILES string of the molecule is [2H]/C(=C\CC1CC=CC1)C([2H])([2H])C([2H])([2H])[2H]. The van der Waals surface area contributed by atoms with Crippen LogP contribution in [-0.2, 0) is 0 Å². The van der Waals surface area contributed by atoms with Crippen LogP contribution < -0.4 is 0 Å². The van der Waals surface area contributed by atoms with Crippen molar-refractivity contribution >= 4 is 0 Å². The summed E-state index contributed by atoms with van der Waals surface area (Å²) in [6, 6.07) is -0.431. The highest BCUT2D eigenvalue weighted by Crippen LogP contribution is 2.21. The second-order valence-electron chi connectivity index (χ2n) is 2.52. The Labute approximate surface area is 72.1 Å². The van der Waals surface area contributed by atoms with Crippen LogP contribution in [0.15, 0.2) is 24.3 Å². The molecule has 10 heavy (non-hydrogen) atoms. The van der Waals surface area contributed by atoms with Crippen LogP contribution in [0.1, 0.15) is 40.7 Å². The van der Waals surface area contributed by atoms with Gasteiger partial charge in [0.05, 0.1) is 1.37 Å². The monoisotopic (exact) mass is 142 g/mol. The van der Waals surface area contributed by atoms with E-state index in [2.05, 4.69) is 12.2 Å². The molecule has 0 aromatic carbocycles. The smallest absolute Gasteiger partial charge is 0.0572 e. The van der Waals surface area contributed by atoms with Gasteiger partial charge in [-0.25, -0.2) is 0 Å². The van der Waals surface area contributed by atoms with Gasteiger partial charge >= 0.3 is 0 Å². The normalized spacial score (nSPS) is 31.8. The number of hydrogen-bond acceptors (Lipinski definition) is 0. The molecule has 0 fully saturated rings. The van der Waals surface area contributed by atoms with Gasteiger partial charge < -0.3 is 0 Å². The van der Waals surface area contributed by atoms with Crippen molar-refractivity contribution in [3.8, 4) is 0 Å². The minimum Gasteiger partial charge on any atom is -0.0888 e. The molecule has 1 rings (SSSR count). The lowest BCUT2D eigenvalue weighted by molar-refractivity contribution is 0.579. The van der Waals surface area contributed by atoms with Crippen molar-refractivity contribution < 1.29 is 8.22 Å². The van der Waals surface area contributed by atoms with Crippen LogP contribution in [0, 0.1) is 5.92 Å². The van der Waals surface area contributed by atoms with Crippen LogP contribution in [0.2, 0.25) is 0 Å². The summed E-state index contributed by atoms with van der Waals surface area (Å²) in [5.41, 5.74) is 0. The van der Waals surface area contributed by atoms with Gasteiger partial charge in [0.2, 0.25) is 0 Å². The van der Waals surface area contributed by atoms with Crippen molar-refractivity contribution in [3.05, 3.63) is 24.3 Å². The molecule has 0 saturated carbocycles. The molecule has 0 unspecified atom stereocenters. The molecule has 1 aliphatic rings. The lowest BCUT2D eigenvalue weighted by Gasteiger charge is -2.02. The lowest BCUT2D eigenvalue weighted by atomic mass is 10.0. The van der Waals surface area contributed by atoms with Crippen molar-refractivity contribution in [2.45, 2.75) is 32.5 Å². The first-order valence-electron chi connectivity index (χ1n) is 6.57. The minimum atomic E-state index is -2.77. The van der Waals surface area contributed by atoms with Crippen molar-refractivity contribution in [2.75, 3.05) is 0 Å². The van der Waals surface area contributed by atoms with Gasteiger partial charge in [0.1, 0.15) is 0 Å². The quantitative estimate of drug-likeness (QED) is 0.530. The van der Waals surface area contributed by atoms with Gasteiger partial charge in [0.15, 0.2) is 0 Å². The first-order valence-corrected chi connectivity index (χ1v) is 3.57. The van der Waals surface area contributed by atoms with Gasteiger partial charge in [-0.1, -0.05) is 31.1 Å². The van der Waals surface area contributed by atoms with E-state index in [1.54, 1.807) is 0 Å². The summed E-state index contributed by atoms with van der Waals surface area (Å²) >= 11 is 0. The number of allylic oxidation sites excluding steroid dienone is 4. The second-order valence-corrected chi connectivity index (χ2v) is 2.52. The fourth-order valence-corrected chi connectivity index (χ4v) is 1.14. The van der Waals surface area contributed by atoms with Crippen LogP contribution >= 0.6 is 0 Å². The Balaban J connectivity index is 2.62. The molecular formula is C10H16. The Morgan fingerprint density at radius 2 is 2.60 bits per heavy atom. The average molecular weight is 142 g/mol. The molecule has 0 saturated heterocycles. The topological polar surface area (TPSA) is 0 Å². The van der Waals surface area contributed by atoms with Gasteiger partial charge in [-0.3, -0.25) is 0 Å². The fraction of sp³-hybridized carbons (Fsp3) is 0.600. The van der Waals surface area contributed by atoms with Gasteiger partial charge in [-0.05, 0) is 31.6 Å². The van der Waals surface area contributed by atoms with Crippen molar-refractivity contribution in [1.29, 1.82) is 0 Å². The Bertz CT molecular complexity index is 291. The third kappa shape index (κ3) is 2.38. The third-order valence-electron chi connectivity index (χ3n) is 1.73. The molecule has 0 aromatic rings. The summed E-state index contributed by atoms with van der Waals surface area (Å²) in [5, 5.41) is 0. The molecule has 0 radical (unpaired) electrons. The highest BCUT2D eigenvalue weighted by molar-refractivity contribution is 4.97. The first-order chi connectivity index (χ1) is 7.25. The summed E-state index contributed by atoms with van der Waals surface area (Å²) in [6.07, 6.45) is 5.41. The molecule has 0 N–H and O–H groups in total. The maximum atomic E-state index is 7.50. The molecule has 0 heteroatoms. The Morgan fingerprint density at radius 3 is 3.30 bits per heavy atom. The van der Waals surface area contributed by atoms with E-state index in [0.29, 0.717) is 12.3 Å². The van der Waals surface area contributed by atoms with Gasteiger partial charge in [-0.2, -0.15) is 0 Å². The van der Waals surface area contributed by atoms with Gasteiger partial charge in [0.25, 0.3) is 0 Å². The number of rotatable bonds is 3. The molecule has 1 aliphatic carbocycles. The molecule has 0 atom stereocenters. The van der Waals surface area contributed by atoms with Crippen LogP contribution in [0.3, 0.4) is 0 Å². The molecule has 0 spiro atoms. The van der Waals surface area contributed by atoms with Gasteiger partial charge in [0, 0.05) is 6.85 Å². The van der Waals surface area contributed by atoms with Crippen molar-refractivity contribution in [1.82, 2.24) is 0 Å². The molecule has 0 nitrogen and oxygen atoms in total. The van der Waals surface area contributed by atoms with E-state index in [1.807, 2.05) is 0 Å².